The van der Waals surface area contributed by atoms with Gasteiger partial charge in [0.05, 0.1) is 0 Å². The lowest BCUT2D eigenvalue weighted by Gasteiger charge is -2.25. The van der Waals surface area contributed by atoms with Crippen molar-refractivity contribution in [1.82, 2.24) is 10.2 Å². The van der Waals surface area contributed by atoms with Gasteiger partial charge in [0.2, 0.25) is 0 Å². The van der Waals surface area contributed by atoms with Crippen molar-refractivity contribution in [2.45, 2.75) is 51.5 Å². The predicted molar refractivity (Wildman–Crippen MR) is 73.5 cm³/mol. The Kier molecular flexibility index (Phi) is 8.67. The van der Waals surface area contributed by atoms with Gasteiger partial charge < -0.3 is 15.0 Å². The third-order valence-corrected chi connectivity index (χ3v) is 3.54. The monoisotopic (exact) mass is 242 g/mol. The van der Waals surface area contributed by atoms with E-state index in [0.717, 1.165) is 12.6 Å². The predicted octanol–water partition coefficient (Wildman–Crippen LogP) is 2.27. The first-order valence-corrected chi connectivity index (χ1v) is 7.31. The summed E-state index contributed by atoms with van der Waals surface area (Å²) in [6, 6.07) is 0.745. The molecule has 1 aliphatic heterocycles. The van der Waals surface area contributed by atoms with Gasteiger partial charge in [0, 0.05) is 26.3 Å². The Morgan fingerprint density at radius 3 is 2.71 bits per heavy atom. The molecule has 0 amide bonds. The standard InChI is InChI=1S/C14H30N2O/c1-3-4-10-16(11-5-6-12-17-2)13-14-8-7-9-15-14/h14-15H,3-13H2,1-2H3. The third-order valence-electron chi connectivity index (χ3n) is 3.54. The SMILES string of the molecule is CCCCN(CCCCOC)CC1CCCN1. The molecule has 0 aromatic carbocycles. The van der Waals surface area contributed by atoms with Crippen LogP contribution in [0.1, 0.15) is 45.4 Å². The number of rotatable bonds is 10. The van der Waals surface area contributed by atoms with Crippen LogP contribution < -0.4 is 5.32 Å². The lowest BCUT2D eigenvalue weighted by molar-refractivity contribution is 0.180. The zero-order valence-corrected chi connectivity index (χ0v) is 11.7. The number of hydrogen-bond donors (Lipinski definition) is 1. The molecule has 1 aliphatic rings. The first-order chi connectivity index (χ1) is 8.36. The number of unbranched alkanes of at least 4 members (excludes halogenated alkanes) is 2. The van der Waals surface area contributed by atoms with Gasteiger partial charge in [0.25, 0.3) is 0 Å². The van der Waals surface area contributed by atoms with Crippen LogP contribution in [0.25, 0.3) is 0 Å². The zero-order valence-electron chi connectivity index (χ0n) is 11.7. The quantitative estimate of drug-likeness (QED) is 0.595. The van der Waals surface area contributed by atoms with Crippen LogP contribution in [0.2, 0.25) is 0 Å². The molecule has 0 spiro atoms. The summed E-state index contributed by atoms with van der Waals surface area (Å²) >= 11 is 0. The van der Waals surface area contributed by atoms with Crippen molar-refractivity contribution >= 4 is 0 Å². The Balaban J connectivity index is 2.16. The molecule has 0 aromatic heterocycles. The Bertz CT molecular complexity index is 170. The minimum atomic E-state index is 0.745. The van der Waals surface area contributed by atoms with Crippen LogP contribution in [0.15, 0.2) is 0 Å². The highest BCUT2D eigenvalue weighted by Crippen LogP contribution is 2.08. The van der Waals surface area contributed by atoms with Crippen molar-refractivity contribution in [3.63, 3.8) is 0 Å². The van der Waals surface area contributed by atoms with Crippen molar-refractivity contribution in [1.29, 1.82) is 0 Å². The Hall–Kier alpha value is -0.120. The van der Waals surface area contributed by atoms with E-state index in [1.54, 1.807) is 7.11 Å². The second-order valence-corrected chi connectivity index (χ2v) is 5.15. The lowest BCUT2D eigenvalue weighted by atomic mass is 10.2. The normalized spacial score (nSPS) is 20.3. The summed E-state index contributed by atoms with van der Waals surface area (Å²) in [7, 11) is 1.79. The first-order valence-electron chi connectivity index (χ1n) is 7.31. The van der Waals surface area contributed by atoms with E-state index in [0.29, 0.717) is 0 Å². The number of methoxy groups -OCH3 is 1. The molecular weight excluding hydrogens is 212 g/mol. The van der Waals surface area contributed by atoms with Gasteiger partial charge in [-0.25, -0.2) is 0 Å². The summed E-state index contributed by atoms with van der Waals surface area (Å²) in [5.74, 6) is 0. The minimum Gasteiger partial charge on any atom is -0.385 e. The molecule has 3 heteroatoms. The fourth-order valence-electron chi connectivity index (χ4n) is 2.48. The minimum absolute atomic E-state index is 0.745. The van der Waals surface area contributed by atoms with Crippen LogP contribution in [0, 0.1) is 0 Å². The van der Waals surface area contributed by atoms with Gasteiger partial charge in [0.1, 0.15) is 0 Å². The maximum absolute atomic E-state index is 5.11. The van der Waals surface area contributed by atoms with Crippen molar-refractivity contribution in [3.05, 3.63) is 0 Å². The van der Waals surface area contributed by atoms with Crippen molar-refractivity contribution in [3.8, 4) is 0 Å². The Morgan fingerprint density at radius 2 is 2.06 bits per heavy atom. The molecule has 1 saturated heterocycles. The molecule has 1 atom stereocenters. The van der Waals surface area contributed by atoms with Crippen LogP contribution in [-0.2, 0) is 4.74 Å². The number of nitrogens with one attached hydrogen (secondary N) is 1. The first kappa shape index (κ1) is 14.9. The van der Waals surface area contributed by atoms with Gasteiger partial charge >= 0.3 is 0 Å². The van der Waals surface area contributed by atoms with Crippen LogP contribution in [-0.4, -0.2) is 50.8 Å². The average Bonchev–Trinajstić information content (AvgIpc) is 2.84. The maximum Gasteiger partial charge on any atom is 0.0462 e. The van der Waals surface area contributed by atoms with Crippen molar-refractivity contribution in [2.75, 3.05) is 39.9 Å². The Labute approximate surface area is 107 Å². The average molecular weight is 242 g/mol. The van der Waals surface area contributed by atoms with Gasteiger partial charge in [-0.2, -0.15) is 0 Å². The van der Waals surface area contributed by atoms with Gasteiger partial charge in [-0.3, -0.25) is 0 Å². The van der Waals surface area contributed by atoms with Crippen LogP contribution in [0.4, 0.5) is 0 Å². The molecule has 1 heterocycles. The molecule has 0 aliphatic carbocycles. The van der Waals surface area contributed by atoms with Crippen molar-refractivity contribution in [2.24, 2.45) is 0 Å². The topological polar surface area (TPSA) is 24.5 Å². The molecule has 3 nitrogen and oxygen atoms in total. The van der Waals surface area contributed by atoms with E-state index in [4.69, 9.17) is 4.74 Å². The Morgan fingerprint density at radius 1 is 1.24 bits per heavy atom. The van der Waals surface area contributed by atoms with Gasteiger partial charge in [-0.15, -0.1) is 0 Å². The highest BCUT2D eigenvalue weighted by Gasteiger charge is 2.17. The number of hydrogen-bond acceptors (Lipinski definition) is 3. The highest BCUT2D eigenvalue weighted by atomic mass is 16.5. The van der Waals surface area contributed by atoms with Crippen LogP contribution in [0.5, 0.6) is 0 Å². The maximum atomic E-state index is 5.11. The molecule has 1 rings (SSSR count). The number of nitrogens with zero attached hydrogens (tertiary/aromatic N) is 1. The zero-order chi connectivity index (χ0) is 12.3. The lowest BCUT2D eigenvalue weighted by Crippen LogP contribution is -2.38. The molecule has 17 heavy (non-hydrogen) atoms. The summed E-state index contributed by atoms with van der Waals surface area (Å²) in [6.07, 6.45) is 7.81. The largest absolute Gasteiger partial charge is 0.385 e. The van der Waals surface area contributed by atoms with Gasteiger partial charge in [0.15, 0.2) is 0 Å². The molecular formula is C14H30N2O. The molecule has 102 valence electrons. The van der Waals surface area contributed by atoms with E-state index in [2.05, 4.69) is 17.1 Å². The molecule has 0 saturated carbocycles. The summed E-state index contributed by atoms with van der Waals surface area (Å²) in [6.45, 7) is 8.15. The third kappa shape index (κ3) is 7.02. The molecule has 0 radical (unpaired) electrons. The fourth-order valence-corrected chi connectivity index (χ4v) is 2.48. The summed E-state index contributed by atoms with van der Waals surface area (Å²) in [5.41, 5.74) is 0. The van der Waals surface area contributed by atoms with Gasteiger partial charge in [-0.1, -0.05) is 13.3 Å². The summed E-state index contributed by atoms with van der Waals surface area (Å²) in [5, 5.41) is 3.60. The second kappa shape index (κ2) is 9.86. The van der Waals surface area contributed by atoms with E-state index in [1.807, 2.05) is 0 Å². The van der Waals surface area contributed by atoms with E-state index in [1.165, 1.54) is 64.7 Å². The molecule has 1 unspecified atom stereocenters. The van der Waals surface area contributed by atoms with E-state index in [9.17, 15) is 0 Å². The van der Waals surface area contributed by atoms with E-state index >= 15 is 0 Å². The summed E-state index contributed by atoms with van der Waals surface area (Å²) < 4.78 is 5.11. The van der Waals surface area contributed by atoms with Crippen LogP contribution in [0.3, 0.4) is 0 Å². The number of ether oxygens (including phenoxy) is 1. The second-order valence-electron chi connectivity index (χ2n) is 5.15. The van der Waals surface area contributed by atoms with Crippen molar-refractivity contribution < 1.29 is 4.74 Å². The molecule has 1 fully saturated rings. The fraction of sp³-hybridized carbons (Fsp3) is 1.00. The van der Waals surface area contributed by atoms with E-state index < -0.39 is 0 Å². The van der Waals surface area contributed by atoms with E-state index in [-0.39, 0.29) is 0 Å². The smallest absolute Gasteiger partial charge is 0.0462 e. The molecule has 0 bridgehead atoms. The molecule has 0 aromatic rings. The summed E-state index contributed by atoms with van der Waals surface area (Å²) in [4.78, 5) is 2.64. The molecule has 1 N–H and O–H groups in total. The van der Waals surface area contributed by atoms with Crippen LogP contribution >= 0.6 is 0 Å². The van der Waals surface area contributed by atoms with Gasteiger partial charge in [-0.05, 0) is 51.7 Å². The highest BCUT2D eigenvalue weighted by molar-refractivity contribution is 4.77.